The highest BCUT2D eigenvalue weighted by Gasteiger charge is 2.27. The zero-order valence-electron chi connectivity index (χ0n) is 17.7. The van der Waals surface area contributed by atoms with Crippen molar-refractivity contribution in [2.45, 2.75) is 27.2 Å². The van der Waals surface area contributed by atoms with Crippen LogP contribution in [0.4, 0.5) is 5.88 Å². The van der Waals surface area contributed by atoms with Gasteiger partial charge in [-0.3, -0.25) is 10.1 Å². The van der Waals surface area contributed by atoms with E-state index >= 15 is 0 Å². The molecule has 2 heterocycles. The van der Waals surface area contributed by atoms with Crippen molar-refractivity contribution in [3.8, 4) is 11.3 Å². The van der Waals surface area contributed by atoms with Gasteiger partial charge < -0.3 is 13.8 Å². The first-order valence-electron chi connectivity index (χ1n) is 9.95. The van der Waals surface area contributed by atoms with E-state index in [1.54, 1.807) is 31.2 Å². The number of halogens is 1. The van der Waals surface area contributed by atoms with Gasteiger partial charge in [-0.1, -0.05) is 40.1 Å². The number of aryl methyl sites for hydroxylation is 2. The molecule has 0 fully saturated rings. The molecule has 1 amide bonds. The first-order chi connectivity index (χ1) is 15.4. The van der Waals surface area contributed by atoms with Gasteiger partial charge in [0.1, 0.15) is 11.4 Å². The van der Waals surface area contributed by atoms with Crippen LogP contribution < -0.4 is 5.32 Å². The molecule has 0 aliphatic rings. The van der Waals surface area contributed by atoms with E-state index in [0.717, 1.165) is 16.5 Å². The molecule has 1 N–H and O–H groups in total. The number of carbonyl (C=O) groups is 2. The largest absolute Gasteiger partial charge is 0.462 e. The zero-order valence-corrected chi connectivity index (χ0v) is 18.4. The summed E-state index contributed by atoms with van der Waals surface area (Å²) < 4.78 is 15.8. The summed E-state index contributed by atoms with van der Waals surface area (Å²) >= 11 is 5.95. The van der Waals surface area contributed by atoms with Crippen LogP contribution in [0.2, 0.25) is 5.02 Å². The maximum atomic E-state index is 12.8. The minimum atomic E-state index is -0.660. The number of nitrogens with one attached hydrogen (secondary N) is 1. The highest BCUT2D eigenvalue weighted by Crippen LogP contribution is 2.31. The topological polar surface area (TPSA) is 107 Å². The average molecular weight is 454 g/mol. The lowest BCUT2D eigenvalue weighted by Gasteiger charge is -2.05. The Morgan fingerprint density at radius 1 is 1.09 bits per heavy atom. The van der Waals surface area contributed by atoms with Gasteiger partial charge in [0.25, 0.3) is 0 Å². The first kappa shape index (κ1) is 21.6. The Bertz CT molecular complexity index is 1310. The Balaban J connectivity index is 1.63. The summed E-state index contributed by atoms with van der Waals surface area (Å²) in [5.74, 6) is -1.20. The summed E-state index contributed by atoms with van der Waals surface area (Å²) in [5, 5.41) is 11.9. The summed E-state index contributed by atoms with van der Waals surface area (Å²) in [7, 11) is 0. The third-order valence-electron chi connectivity index (χ3n) is 4.85. The van der Waals surface area contributed by atoms with E-state index in [1.165, 1.54) is 0 Å². The number of rotatable bonds is 6. The third kappa shape index (κ3) is 4.22. The van der Waals surface area contributed by atoms with Crippen LogP contribution in [0.1, 0.15) is 34.1 Å². The van der Waals surface area contributed by atoms with Crippen molar-refractivity contribution in [3.05, 3.63) is 63.8 Å². The van der Waals surface area contributed by atoms with Crippen molar-refractivity contribution < 1.29 is 23.4 Å². The van der Waals surface area contributed by atoms with E-state index in [9.17, 15) is 9.59 Å². The van der Waals surface area contributed by atoms with Crippen molar-refractivity contribution in [1.29, 1.82) is 0 Å². The molecule has 32 heavy (non-hydrogen) atoms. The van der Waals surface area contributed by atoms with E-state index < -0.39 is 11.9 Å². The van der Waals surface area contributed by atoms with Crippen LogP contribution in [-0.2, 0) is 16.0 Å². The maximum absolute atomic E-state index is 12.8. The van der Waals surface area contributed by atoms with Crippen LogP contribution in [0.3, 0.4) is 0 Å². The number of hydrogen-bond donors (Lipinski definition) is 1. The predicted molar refractivity (Wildman–Crippen MR) is 119 cm³/mol. The van der Waals surface area contributed by atoms with Gasteiger partial charge in [-0.25, -0.2) is 4.79 Å². The molecule has 0 saturated heterocycles. The first-order valence-corrected chi connectivity index (χ1v) is 10.3. The summed E-state index contributed by atoms with van der Waals surface area (Å²) in [6, 6.07) is 10.6. The van der Waals surface area contributed by atoms with Gasteiger partial charge in [-0.2, -0.15) is 0 Å². The van der Waals surface area contributed by atoms with Crippen molar-refractivity contribution in [1.82, 2.24) is 10.3 Å². The summed E-state index contributed by atoms with van der Waals surface area (Å²) in [4.78, 5) is 25.4. The van der Waals surface area contributed by atoms with Gasteiger partial charge in [0.05, 0.1) is 13.0 Å². The molecule has 0 bridgehead atoms. The Morgan fingerprint density at radius 2 is 1.84 bits per heavy atom. The van der Waals surface area contributed by atoms with Crippen molar-refractivity contribution in [2.24, 2.45) is 0 Å². The molecule has 164 valence electrons. The zero-order chi connectivity index (χ0) is 22.8. The summed E-state index contributed by atoms with van der Waals surface area (Å²) in [6.07, 6.45) is -0.0743. The second-order valence-corrected chi connectivity index (χ2v) is 7.71. The number of esters is 1. The molecule has 4 rings (SSSR count). The predicted octanol–water partition coefficient (Wildman–Crippen LogP) is 5.11. The molecule has 0 radical (unpaired) electrons. The van der Waals surface area contributed by atoms with Crippen LogP contribution in [-0.4, -0.2) is 28.8 Å². The molecule has 0 aliphatic heterocycles. The van der Waals surface area contributed by atoms with Gasteiger partial charge in [-0.15, -0.1) is 0 Å². The number of nitrogens with zero attached hydrogens (tertiary/aromatic N) is 2. The highest BCUT2D eigenvalue weighted by atomic mass is 35.5. The standard InChI is InChI=1S/C23H20ClN3O5/c1-4-30-23(29)19-20(14-5-7-15(24)8-6-14)27-32-22(19)25-18(28)11-17-16-10-12(2)9-13(3)21(16)31-26-17/h5-10H,4,11H2,1-3H3,(H,25,28). The lowest BCUT2D eigenvalue weighted by Crippen LogP contribution is -2.17. The minimum absolute atomic E-state index is 0.0271. The molecule has 8 nitrogen and oxygen atoms in total. The number of anilines is 1. The monoisotopic (exact) mass is 453 g/mol. The third-order valence-corrected chi connectivity index (χ3v) is 5.10. The van der Waals surface area contributed by atoms with Gasteiger partial charge in [-0.05, 0) is 50.1 Å². The van der Waals surface area contributed by atoms with E-state index in [4.69, 9.17) is 25.4 Å². The fraction of sp³-hybridized carbons (Fsp3) is 0.217. The second kappa shape index (κ2) is 8.84. The molecule has 0 saturated carbocycles. The van der Waals surface area contributed by atoms with Crippen molar-refractivity contribution in [2.75, 3.05) is 11.9 Å². The summed E-state index contributed by atoms with van der Waals surface area (Å²) in [6.45, 7) is 5.72. The number of amides is 1. The average Bonchev–Trinajstić information content (AvgIpc) is 3.33. The lowest BCUT2D eigenvalue weighted by atomic mass is 10.1. The van der Waals surface area contributed by atoms with Crippen LogP contribution in [0.5, 0.6) is 0 Å². The second-order valence-electron chi connectivity index (χ2n) is 7.28. The van der Waals surface area contributed by atoms with E-state index in [-0.39, 0.29) is 30.2 Å². The van der Waals surface area contributed by atoms with E-state index in [2.05, 4.69) is 15.6 Å². The number of fused-ring (bicyclic) bond motifs is 1. The Labute approximate surface area is 188 Å². The number of benzene rings is 2. The Hall–Kier alpha value is -3.65. The normalized spacial score (nSPS) is 11.0. The fourth-order valence-electron chi connectivity index (χ4n) is 3.46. The van der Waals surface area contributed by atoms with Crippen LogP contribution in [0.15, 0.2) is 45.4 Å². The van der Waals surface area contributed by atoms with Gasteiger partial charge in [0.2, 0.25) is 11.8 Å². The van der Waals surface area contributed by atoms with Crippen molar-refractivity contribution in [3.63, 3.8) is 0 Å². The van der Waals surface area contributed by atoms with Gasteiger partial charge in [0, 0.05) is 16.0 Å². The molecule has 9 heteroatoms. The molecular formula is C23H20ClN3O5. The molecular weight excluding hydrogens is 434 g/mol. The molecule has 0 spiro atoms. The fourth-order valence-corrected chi connectivity index (χ4v) is 3.59. The molecule has 0 unspecified atom stereocenters. The Morgan fingerprint density at radius 3 is 2.56 bits per heavy atom. The molecule has 0 aliphatic carbocycles. The quantitative estimate of drug-likeness (QED) is 0.404. The number of ether oxygens (including phenoxy) is 1. The van der Waals surface area contributed by atoms with Crippen molar-refractivity contribution >= 4 is 40.3 Å². The van der Waals surface area contributed by atoms with E-state index in [0.29, 0.717) is 21.9 Å². The molecule has 4 aromatic rings. The highest BCUT2D eigenvalue weighted by molar-refractivity contribution is 6.30. The Kier molecular flexibility index (Phi) is 5.96. The molecule has 0 atom stereocenters. The number of hydrogen-bond acceptors (Lipinski definition) is 7. The van der Waals surface area contributed by atoms with E-state index in [1.807, 2.05) is 26.0 Å². The minimum Gasteiger partial charge on any atom is -0.462 e. The maximum Gasteiger partial charge on any atom is 0.346 e. The van der Waals surface area contributed by atoms with Gasteiger partial charge in [0.15, 0.2) is 11.1 Å². The molecule has 2 aromatic carbocycles. The summed E-state index contributed by atoms with van der Waals surface area (Å²) in [5.41, 5.74) is 3.96. The van der Waals surface area contributed by atoms with Crippen LogP contribution >= 0.6 is 11.6 Å². The SMILES string of the molecule is CCOC(=O)c1c(-c2ccc(Cl)cc2)noc1NC(=O)Cc1noc2c(C)cc(C)cc12. The number of aromatic nitrogens is 2. The molecule has 2 aromatic heterocycles. The van der Waals surface area contributed by atoms with Crippen LogP contribution in [0.25, 0.3) is 22.2 Å². The lowest BCUT2D eigenvalue weighted by molar-refractivity contribution is -0.115. The number of carbonyl (C=O) groups excluding carboxylic acids is 2. The van der Waals surface area contributed by atoms with Gasteiger partial charge >= 0.3 is 5.97 Å². The van der Waals surface area contributed by atoms with Crippen LogP contribution in [0, 0.1) is 13.8 Å². The smallest absolute Gasteiger partial charge is 0.346 e.